The smallest absolute Gasteiger partial charge is 0.490 e. The lowest BCUT2D eigenvalue weighted by Gasteiger charge is -2.32. The highest BCUT2D eigenvalue weighted by Gasteiger charge is 2.31. The molecule has 10 heteroatoms. The van der Waals surface area contributed by atoms with Crippen molar-refractivity contribution in [3.8, 4) is 11.5 Å². The molecule has 0 aliphatic carbocycles. The van der Waals surface area contributed by atoms with Gasteiger partial charge in [-0.15, -0.1) is 13.2 Å². The minimum Gasteiger partial charge on any atom is -0.490 e. The van der Waals surface area contributed by atoms with Crippen LogP contribution in [-0.2, 0) is 4.74 Å². The van der Waals surface area contributed by atoms with Gasteiger partial charge in [0.15, 0.2) is 0 Å². The van der Waals surface area contributed by atoms with Crippen LogP contribution in [0.5, 0.6) is 11.5 Å². The fraction of sp³-hybridized carbons (Fsp3) is 0.423. The molecule has 0 spiro atoms. The Labute approximate surface area is 206 Å². The summed E-state index contributed by atoms with van der Waals surface area (Å²) < 4.78 is 52.5. The van der Waals surface area contributed by atoms with Gasteiger partial charge in [-0.1, -0.05) is 0 Å². The molecule has 0 bridgehead atoms. The maximum absolute atomic E-state index is 12.9. The maximum Gasteiger partial charge on any atom is 0.573 e. The summed E-state index contributed by atoms with van der Waals surface area (Å²) in [5.41, 5.74) is 2.11. The lowest BCUT2D eigenvalue weighted by molar-refractivity contribution is -0.274. The number of fused-ring (bicyclic) bond motifs is 1. The van der Waals surface area contributed by atoms with E-state index in [1.807, 2.05) is 18.2 Å². The predicted octanol–water partition coefficient (Wildman–Crippen LogP) is 5.11. The number of carbonyl (C=O) groups is 1. The predicted molar refractivity (Wildman–Crippen MR) is 125 cm³/mol. The fourth-order valence-electron chi connectivity index (χ4n) is 4.78. The second-order valence-corrected chi connectivity index (χ2v) is 9.01. The summed E-state index contributed by atoms with van der Waals surface area (Å²) in [6.45, 7) is 2.48. The maximum atomic E-state index is 12.9. The number of nitrogens with zero attached hydrogens (tertiary/aromatic N) is 3. The topological polar surface area (TPSA) is 73.8 Å². The Hall–Kier alpha value is -3.40. The summed E-state index contributed by atoms with van der Waals surface area (Å²) in [5.74, 6) is 0.389. The molecule has 190 valence electrons. The van der Waals surface area contributed by atoms with E-state index in [0.29, 0.717) is 31.9 Å². The van der Waals surface area contributed by atoms with Gasteiger partial charge >= 0.3 is 6.36 Å². The number of hydrogen-bond acceptors (Lipinski definition) is 6. The highest BCUT2D eigenvalue weighted by atomic mass is 19.4. The molecule has 3 heterocycles. The number of alkyl halides is 3. The molecule has 7 nitrogen and oxygen atoms in total. The molecule has 5 rings (SSSR count). The van der Waals surface area contributed by atoms with Crippen LogP contribution in [0.15, 0.2) is 48.8 Å². The Bertz CT molecular complexity index is 1210. The molecule has 1 aromatic heterocycles. The minimum absolute atomic E-state index is 0.146. The van der Waals surface area contributed by atoms with Gasteiger partial charge in [-0.3, -0.25) is 4.79 Å². The third kappa shape index (κ3) is 5.70. The molecular weight excluding hydrogens is 475 g/mol. The number of amides is 1. The number of halogens is 3. The number of piperidine rings is 1. The van der Waals surface area contributed by atoms with E-state index in [1.54, 1.807) is 11.2 Å². The summed E-state index contributed by atoms with van der Waals surface area (Å²) in [7, 11) is 0. The Morgan fingerprint density at radius 3 is 2.33 bits per heavy atom. The molecule has 0 atom stereocenters. The van der Waals surface area contributed by atoms with Crippen molar-refractivity contribution in [2.75, 3.05) is 26.3 Å². The van der Waals surface area contributed by atoms with E-state index in [0.717, 1.165) is 60.2 Å². The van der Waals surface area contributed by atoms with Crippen LogP contribution < -0.4 is 9.47 Å². The van der Waals surface area contributed by atoms with Gasteiger partial charge in [0.1, 0.15) is 23.9 Å². The van der Waals surface area contributed by atoms with Gasteiger partial charge in [-0.25, -0.2) is 9.97 Å². The van der Waals surface area contributed by atoms with E-state index in [2.05, 4.69) is 14.7 Å². The Morgan fingerprint density at radius 2 is 1.64 bits per heavy atom. The van der Waals surface area contributed by atoms with Crippen LogP contribution in [0.2, 0.25) is 0 Å². The third-order valence-corrected chi connectivity index (χ3v) is 6.61. The number of carbonyl (C=O) groups excluding carboxylic acids is 1. The first-order valence-electron chi connectivity index (χ1n) is 12.0. The van der Waals surface area contributed by atoms with Gasteiger partial charge < -0.3 is 19.1 Å². The van der Waals surface area contributed by atoms with Crippen LogP contribution in [0.3, 0.4) is 0 Å². The molecule has 2 aromatic carbocycles. The van der Waals surface area contributed by atoms with Gasteiger partial charge in [-0.2, -0.15) is 0 Å². The molecular formula is C26H26F3N3O4. The van der Waals surface area contributed by atoms with Gasteiger partial charge in [0.2, 0.25) is 0 Å². The molecule has 3 aromatic rings. The highest BCUT2D eigenvalue weighted by Crippen LogP contribution is 2.33. The van der Waals surface area contributed by atoms with Crippen molar-refractivity contribution in [1.82, 2.24) is 14.9 Å². The summed E-state index contributed by atoms with van der Waals surface area (Å²) in [5, 5.41) is 0.974. The first-order valence-corrected chi connectivity index (χ1v) is 12.0. The van der Waals surface area contributed by atoms with Crippen molar-refractivity contribution < 1.29 is 32.2 Å². The number of ether oxygens (including phenoxy) is 3. The summed E-state index contributed by atoms with van der Waals surface area (Å²) in [6, 6.07) is 10.9. The lowest BCUT2D eigenvalue weighted by Crippen LogP contribution is -2.38. The number of benzene rings is 2. The summed E-state index contributed by atoms with van der Waals surface area (Å²) in [6.07, 6.45) is 0.149. The quantitative estimate of drug-likeness (QED) is 0.484. The molecule has 2 aliphatic rings. The summed E-state index contributed by atoms with van der Waals surface area (Å²) in [4.78, 5) is 23.6. The van der Waals surface area contributed by atoms with Gasteiger partial charge in [0, 0.05) is 48.9 Å². The van der Waals surface area contributed by atoms with Gasteiger partial charge in [0.25, 0.3) is 5.91 Å². The zero-order valence-electron chi connectivity index (χ0n) is 19.5. The second kappa shape index (κ2) is 10.3. The largest absolute Gasteiger partial charge is 0.573 e. The van der Waals surface area contributed by atoms with E-state index < -0.39 is 6.36 Å². The van der Waals surface area contributed by atoms with E-state index >= 15 is 0 Å². The van der Waals surface area contributed by atoms with Crippen molar-refractivity contribution in [3.05, 3.63) is 60.0 Å². The van der Waals surface area contributed by atoms with Crippen molar-refractivity contribution in [3.63, 3.8) is 0 Å². The first kappa shape index (κ1) is 24.3. The summed E-state index contributed by atoms with van der Waals surface area (Å²) >= 11 is 0. The number of hydrogen-bond donors (Lipinski definition) is 0. The fourth-order valence-corrected chi connectivity index (χ4v) is 4.78. The van der Waals surface area contributed by atoms with E-state index in [9.17, 15) is 18.0 Å². The van der Waals surface area contributed by atoms with Gasteiger partial charge in [0.05, 0.1) is 24.4 Å². The Balaban J connectivity index is 1.22. The van der Waals surface area contributed by atoms with E-state index in [4.69, 9.17) is 9.47 Å². The Kier molecular flexibility index (Phi) is 6.95. The van der Waals surface area contributed by atoms with Crippen molar-refractivity contribution in [2.45, 2.75) is 44.1 Å². The SMILES string of the molecule is O=C(c1ccc(OC(F)(F)F)cc1)N1CCC(c2ncnc3cc(OC4CCOCC4)ccc23)CC1. The molecule has 1 amide bonds. The average molecular weight is 502 g/mol. The monoisotopic (exact) mass is 501 g/mol. The molecule has 0 N–H and O–H groups in total. The van der Waals surface area contributed by atoms with E-state index in [1.165, 1.54) is 12.1 Å². The highest BCUT2D eigenvalue weighted by molar-refractivity contribution is 5.94. The molecule has 2 saturated heterocycles. The zero-order chi connectivity index (χ0) is 25.1. The average Bonchev–Trinajstić information content (AvgIpc) is 2.88. The zero-order valence-corrected chi connectivity index (χ0v) is 19.5. The number of rotatable bonds is 5. The van der Waals surface area contributed by atoms with Gasteiger partial charge in [-0.05, 0) is 49.2 Å². The van der Waals surface area contributed by atoms with Crippen molar-refractivity contribution >= 4 is 16.8 Å². The Morgan fingerprint density at radius 1 is 0.944 bits per heavy atom. The molecule has 2 aliphatic heterocycles. The third-order valence-electron chi connectivity index (χ3n) is 6.61. The molecule has 0 radical (unpaired) electrons. The van der Waals surface area contributed by atoms with Crippen LogP contribution in [0.1, 0.15) is 47.7 Å². The molecule has 36 heavy (non-hydrogen) atoms. The first-order chi connectivity index (χ1) is 17.4. The number of aromatic nitrogens is 2. The standard InChI is InChI=1S/C26H26F3N3O4/c27-26(28,29)36-20-3-1-18(2-4-20)25(33)32-11-7-17(8-12-32)24-22-6-5-21(15-23(22)30-16-31-24)35-19-9-13-34-14-10-19/h1-6,15-17,19H,7-14H2. The second-order valence-electron chi connectivity index (χ2n) is 9.01. The lowest BCUT2D eigenvalue weighted by atomic mass is 9.90. The van der Waals surface area contributed by atoms with Crippen molar-refractivity contribution in [1.29, 1.82) is 0 Å². The molecule has 2 fully saturated rings. The van der Waals surface area contributed by atoms with Crippen LogP contribution in [0, 0.1) is 0 Å². The van der Waals surface area contributed by atoms with E-state index in [-0.39, 0.29) is 23.7 Å². The molecule has 0 saturated carbocycles. The van der Waals surface area contributed by atoms with Crippen LogP contribution in [-0.4, -0.2) is 59.5 Å². The van der Waals surface area contributed by atoms with Crippen LogP contribution in [0.4, 0.5) is 13.2 Å². The van der Waals surface area contributed by atoms with Crippen molar-refractivity contribution in [2.24, 2.45) is 0 Å². The number of likely N-dealkylation sites (tertiary alicyclic amines) is 1. The van der Waals surface area contributed by atoms with Crippen LogP contribution >= 0.6 is 0 Å². The minimum atomic E-state index is -4.77. The normalized spacial score (nSPS) is 17.8. The molecule has 0 unspecified atom stereocenters. The van der Waals surface area contributed by atoms with Crippen LogP contribution in [0.25, 0.3) is 10.9 Å².